The molecule has 2 rings (SSSR count). The van der Waals surface area contributed by atoms with E-state index in [-0.39, 0.29) is 124 Å². The molecule has 2 aromatic rings. The standard InChI is InChI=1S/C27H34F6O14S4.4Li/c28-26(29,30)25(27(31,32)33,21-13-17(5-1-9-48-46-44-36)23(34)18(14-21)6-2-10-49-47-45-37)22-15-19(7-3-11-50(38,39)40)24(35)20(16-22)8-4-12-51(41,42)43;;;;/h13-16,34-37H,1-12H2,(H,38,39,40)(H,41,42,43);;;;/q;4*+1/p-4. The summed E-state index contributed by atoms with van der Waals surface area (Å²) in [5, 5.41) is 48.2. The van der Waals surface area contributed by atoms with E-state index < -0.39 is 109 Å². The Balaban J connectivity index is -0.00000676. The number of phenols is 2. The minimum atomic E-state index is -6.22. The quantitative estimate of drug-likeness (QED) is 0.0213. The van der Waals surface area contributed by atoms with Gasteiger partial charge in [0.15, 0.2) is 0 Å². The first kappa shape index (κ1) is 59.6. The minimum Gasteiger partial charge on any atom is -0.748 e. The molecule has 14 nitrogen and oxygen atoms in total. The Hall–Kier alpha value is 0.290. The molecule has 0 bridgehead atoms. The Morgan fingerprint density at radius 1 is 0.564 bits per heavy atom. The van der Waals surface area contributed by atoms with Crippen LogP contribution in [-0.4, -0.2) is 71.5 Å². The summed E-state index contributed by atoms with van der Waals surface area (Å²) in [6.07, 6.45) is -15.9. The molecule has 0 heterocycles. The summed E-state index contributed by atoms with van der Waals surface area (Å²) in [6.45, 7) is 0. The normalized spacial score (nSPS) is 12.3. The second kappa shape index (κ2) is 26.5. The van der Waals surface area contributed by atoms with Gasteiger partial charge >= 0.3 is 87.8 Å². The van der Waals surface area contributed by atoms with Crippen molar-refractivity contribution in [3.63, 3.8) is 0 Å². The molecule has 28 heteroatoms. The number of hydrogen-bond acceptors (Lipinski definition) is 16. The molecular formula is C27H30F6Li4O14S4. The third-order valence-electron chi connectivity index (χ3n) is 7.43. The summed E-state index contributed by atoms with van der Waals surface area (Å²) < 4.78 is 167. The predicted molar refractivity (Wildman–Crippen MR) is 161 cm³/mol. The van der Waals surface area contributed by atoms with E-state index in [1.807, 2.05) is 0 Å². The minimum absolute atomic E-state index is 0. The largest absolute Gasteiger partial charge is 1.00 e. The van der Waals surface area contributed by atoms with Gasteiger partial charge in [0.2, 0.25) is 5.41 Å². The summed E-state index contributed by atoms with van der Waals surface area (Å²) in [6, 6.07) is 1.67. The Labute approximate surface area is 369 Å². The van der Waals surface area contributed by atoms with Crippen molar-refractivity contribution in [1.82, 2.24) is 0 Å². The molecule has 0 aliphatic rings. The van der Waals surface area contributed by atoms with Crippen LogP contribution in [0.25, 0.3) is 0 Å². The smallest absolute Gasteiger partial charge is 0.748 e. The molecule has 0 radical (unpaired) electrons. The SMILES string of the molecule is O=S(=O)([O-])CCCc1cc(C(c2cc(CCCSOO[O-])c(O)c(CCCSOO[O-])c2)(C(F)(F)F)C(F)(F)F)cc(CCCS(=O)(=O)[O-])c1O.[Li+].[Li+].[Li+].[Li+]. The molecule has 0 spiro atoms. The van der Waals surface area contributed by atoms with E-state index in [9.17, 15) is 46.7 Å². The zero-order valence-electron chi connectivity index (χ0n) is 30.0. The molecule has 55 heavy (non-hydrogen) atoms. The van der Waals surface area contributed by atoms with Crippen LogP contribution in [0.1, 0.15) is 59.1 Å². The number of halogens is 6. The van der Waals surface area contributed by atoms with Crippen LogP contribution in [0.2, 0.25) is 0 Å². The molecule has 0 aliphatic heterocycles. The van der Waals surface area contributed by atoms with Gasteiger partial charge in [-0.3, -0.25) is 10.1 Å². The van der Waals surface area contributed by atoms with Gasteiger partial charge in [-0.05, 0) is 84.7 Å². The average Bonchev–Trinajstić information content (AvgIpc) is 2.98. The number of hydrogen-bond donors (Lipinski definition) is 2. The number of alkyl halides is 6. The monoisotopic (exact) mass is 848 g/mol. The molecule has 0 fully saturated rings. The van der Waals surface area contributed by atoms with Crippen molar-refractivity contribution in [2.75, 3.05) is 23.0 Å². The fraction of sp³-hybridized carbons (Fsp3) is 0.556. The molecule has 2 N–H and O–H groups in total. The number of rotatable bonds is 22. The molecule has 2 aromatic carbocycles. The summed E-state index contributed by atoms with van der Waals surface area (Å²) in [5.41, 5.74) is -9.90. The fourth-order valence-electron chi connectivity index (χ4n) is 5.33. The number of benzene rings is 2. The van der Waals surface area contributed by atoms with Gasteiger partial charge < -0.3 is 29.8 Å². The summed E-state index contributed by atoms with van der Waals surface area (Å²) in [5.74, 6) is -3.86. The van der Waals surface area contributed by atoms with E-state index in [1.54, 1.807) is 0 Å². The van der Waals surface area contributed by atoms with E-state index in [0.29, 0.717) is 48.4 Å². The third-order valence-corrected chi connectivity index (χ3v) is 10.2. The number of aromatic hydroxyl groups is 2. The third kappa shape index (κ3) is 18.2. The first-order valence-electron chi connectivity index (χ1n) is 14.5. The van der Waals surface area contributed by atoms with Gasteiger partial charge in [0, 0.05) is 47.1 Å². The van der Waals surface area contributed by atoms with Gasteiger partial charge in [0.1, 0.15) is 11.5 Å². The number of aryl methyl sites for hydroxylation is 4. The van der Waals surface area contributed by atoms with Gasteiger partial charge in [-0.15, -0.1) is 0 Å². The Bertz CT molecular complexity index is 1570. The maximum absolute atomic E-state index is 15.4. The van der Waals surface area contributed by atoms with Crippen LogP contribution in [0.15, 0.2) is 24.3 Å². The van der Waals surface area contributed by atoms with Gasteiger partial charge in [0.05, 0.1) is 20.2 Å². The van der Waals surface area contributed by atoms with Gasteiger partial charge in [-0.2, -0.15) is 35.0 Å². The second-order valence-electron chi connectivity index (χ2n) is 10.9. The maximum atomic E-state index is 15.4. The van der Waals surface area contributed by atoms with Gasteiger partial charge in [0.25, 0.3) is 0 Å². The first-order chi connectivity index (χ1) is 23.6. The average molecular weight is 849 g/mol. The number of phenolic OH excluding ortho intramolecular Hbond substituents is 2. The maximum Gasteiger partial charge on any atom is 1.00 e. The predicted octanol–water partition coefficient (Wildman–Crippen LogP) is -8.91. The Morgan fingerprint density at radius 3 is 1.07 bits per heavy atom. The van der Waals surface area contributed by atoms with E-state index in [4.69, 9.17) is 0 Å². The van der Waals surface area contributed by atoms with Crippen molar-refractivity contribution in [3.05, 3.63) is 57.6 Å². The summed E-state index contributed by atoms with van der Waals surface area (Å²) >= 11 is 0.942. The van der Waals surface area contributed by atoms with Crippen LogP contribution in [0.4, 0.5) is 26.3 Å². The zero-order valence-corrected chi connectivity index (χ0v) is 33.3. The van der Waals surface area contributed by atoms with Crippen molar-refractivity contribution in [3.8, 4) is 11.5 Å². The van der Waals surface area contributed by atoms with Crippen molar-refractivity contribution in [2.24, 2.45) is 0 Å². The molecule has 0 aliphatic carbocycles. The van der Waals surface area contributed by atoms with Crippen molar-refractivity contribution in [2.45, 2.75) is 69.1 Å². The molecule has 0 atom stereocenters. The van der Waals surface area contributed by atoms with E-state index in [1.165, 1.54) is 0 Å². The van der Waals surface area contributed by atoms with Crippen molar-refractivity contribution >= 4 is 44.3 Å². The van der Waals surface area contributed by atoms with E-state index in [2.05, 4.69) is 18.7 Å². The molecule has 0 amide bonds. The molecule has 292 valence electrons. The fourth-order valence-corrected chi connectivity index (χ4v) is 7.06. The first-order valence-corrected chi connectivity index (χ1v) is 19.4. The van der Waals surface area contributed by atoms with Crippen LogP contribution in [0, 0.1) is 0 Å². The molecule has 0 saturated heterocycles. The zero-order chi connectivity index (χ0) is 38.7. The van der Waals surface area contributed by atoms with Crippen LogP contribution >= 0.6 is 24.1 Å². The van der Waals surface area contributed by atoms with Crippen molar-refractivity contribution in [1.29, 1.82) is 0 Å². The van der Waals surface area contributed by atoms with Crippen LogP contribution in [0.3, 0.4) is 0 Å². The van der Waals surface area contributed by atoms with Crippen LogP contribution in [0.5, 0.6) is 11.5 Å². The topological polar surface area (TPSA) is 238 Å². The van der Waals surface area contributed by atoms with E-state index >= 15 is 26.3 Å². The summed E-state index contributed by atoms with van der Waals surface area (Å²) in [4.78, 5) is 0. The van der Waals surface area contributed by atoms with Crippen LogP contribution in [-0.2, 0) is 70.1 Å². The molecule has 0 unspecified atom stereocenters. The molecular weight excluding hydrogens is 818 g/mol. The van der Waals surface area contributed by atoms with Crippen molar-refractivity contribution < 1.29 is 167 Å². The van der Waals surface area contributed by atoms with E-state index in [0.717, 1.165) is 0 Å². The summed E-state index contributed by atoms with van der Waals surface area (Å²) in [7, 11) is -9.79. The Morgan fingerprint density at radius 2 is 0.836 bits per heavy atom. The van der Waals surface area contributed by atoms with Gasteiger partial charge in [-0.1, -0.05) is 24.3 Å². The Kier molecular flexibility index (Phi) is 28.7. The second-order valence-corrected chi connectivity index (χ2v) is 15.5. The van der Waals surface area contributed by atoms with Gasteiger partial charge in [-0.25, -0.2) is 16.8 Å². The van der Waals surface area contributed by atoms with Crippen LogP contribution < -0.4 is 86.0 Å². The molecule has 0 saturated carbocycles. The molecule has 0 aromatic heterocycles.